The molecule has 1 aromatic carbocycles. The van der Waals surface area contributed by atoms with E-state index < -0.39 is 6.10 Å². The van der Waals surface area contributed by atoms with E-state index in [9.17, 15) is 9.59 Å². The number of ether oxygens (including phenoxy) is 2. The Bertz CT molecular complexity index is 944. The van der Waals surface area contributed by atoms with E-state index in [1.807, 2.05) is 39.8 Å². The second kappa shape index (κ2) is 7.00. The highest BCUT2D eigenvalue weighted by Gasteiger charge is 2.32. The van der Waals surface area contributed by atoms with E-state index in [4.69, 9.17) is 13.9 Å². The molecule has 0 radical (unpaired) electrons. The van der Waals surface area contributed by atoms with Gasteiger partial charge in [-0.1, -0.05) is 0 Å². The van der Waals surface area contributed by atoms with Crippen molar-refractivity contribution in [1.82, 2.24) is 4.90 Å². The third kappa shape index (κ3) is 3.86. The first kappa shape index (κ1) is 19.4. The molecule has 0 N–H and O–H groups in total. The first-order valence-corrected chi connectivity index (χ1v) is 9.23. The van der Waals surface area contributed by atoms with Gasteiger partial charge in [0.2, 0.25) is 0 Å². The van der Waals surface area contributed by atoms with Crippen molar-refractivity contribution in [3.05, 3.63) is 39.2 Å². The van der Waals surface area contributed by atoms with E-state index in [1.54, 1.807) is 18.7 Å². The Morgan fingerprint density at radius 2 is 1.93 bits per heavy atom. The summed E-state index contributed by atoms with van der Waals surface area (Å²) in [6.45, 7) is 12.8. The molecule has 0 bridgehead atoms. The van der Waals surface area contributed by atoms with Crippen LogP contribution in [0, 0.1) is 20.8 Å². The van der Waals surface area contributed by atoms with E-state index in [2.05, 4.69) is 0 Å². The lowest BCUT2D eigenvalue weighted by Crippen LogP contribution is -2.53. The van der Waals surface area contributed by atoms with Crippen molar-refractivity contribution in [2.24, 2.45) is 0 Å². The first-order chi connectivity index (χ1) is 12.6. The number of nitrogens with zero attached hydrogens (tertiary/aromatic N) is 1. The van der Waals surface area contributed by atoms with E-state index in [-0.39, 0.29) is 17.1 Å². The summed E-state index contributed by atoms with van der Waals surface area (Å²) in [5.74, 6) is 0.482. The van der Waals surface area contributed by atoms with Gasteiger partial charge in [0.05, 0.1) is 17.6 Å². The molecule has 1 fully saturated rings. The second-order valence-corrected chi connectivity index (χ2v) is 7.90. The zero-order chi connectivity index (χ0) is 19.9. The predicted octanol–water partition coefficient (Wildman–Crippen LogP) is 3.12. The number of rotatable bonds is 3. The Kier molecular flexibility index (Phi) is 5.04. The summed E-state index contributed by atoms with van der Waals surface area (Å²) in [4.78, 5) is 26.7. The van der Waals surface area contributed by atoms with E-state index >= 15 is 0 Å². The maximum atomic E-state index is 12.9. The standard InChI is InChI=1S/C21H27NO5/c1-12-9-16(18-13(2)14(3)20(24)27-17(18)10-12)26-15(4)19(23)22-7-8-25-21(5,6)11-22/h9-10,15H,7-8,11H2,1-6H3. The summed E-state index contributed by atoms with van der Waals surface area (Å²) in [5, 5.41) is 0.736. The van der Waals surface area contributed by atoms with Crippen LogP contribution in [0.5, 0.6) is 5.75 Å². The van der Waals surface area contributed by atoms with E-state index in [1.165, 1.54) is 0 Å². The predicted molar refractivity (Wildman–Crippen MR) is 103 cm³/mol. The Labute approximate surface area is 159 Å². The number of carbonyl (C=O) groups excluding carboxylic acids is 1. The average Bonchev–Trinajstić information content (AvgIpc) is 2.57. The van der Waals surface area contributed by atoms with Crippen molar-refractivity contribution in [3.63, 3.8) is 0 Å². The lowest BCUT2D eigenvalue weighted by Gasteiger charge is -2.39. The molecule has 146 valence electrons. The van der Waals surface area contributed by atoms with Crippen LogP contribution < -0.4 is 10.4 Å². The number of hydrogen-bond donors (Lipinski definition) is 0. The third-order valence-corrected chi connectivity index (χ3v) is 5.05. The lowest BCUT2D eigenvalue weighted by molar-refractivity contribution is -0.152. The summed E-state index contributed by atoms with van der Waals surface area (Å²) < 4.78 is 17.2. The van der Waals surface area contributed by atoms with Gasteiger partial charge < -0.3 is 18.8 Å². The fourth-order valence-electron chi connectivity index (χ4n) is 3.48. The van der Waals surface area contributed by atoms with Crippen molar-refractivity contribution < 1.29 is 18.7 Å². The maximum Gasteiger partial charge on any atom is 0.339 e. The van der Waals surface area contributed by atoms with E-state index in [0.29, 0.717) is 36.6 Å². The topological polar surface area (TPSA) is 69.0 Å². The average molecular weight is 373 g/mol. The van der Waals surface area contributed by atoms with E-state index in [0.717, 1.165) is 16.5 Å². The molecule has 6 heteroatoms. The smallest absolute Gasteiger partial charge is 0.339 e. The van der Waals surface area contributed by atoms with Gasteiger partial charge in [-0.2, -0.15) is 0 Å². The van der Waals surface area contributed by atoms with Crippen molar-refractivity contribution in [2.75, 3.05) is 19.7 Å². The van der Waals surface area contributed by atoms with Crippen LogP contribution in [0.3, 0.4) is 0 Å². The van der Waals surface area contributed by atoms with Crippen molar-refractivity contribution in [2.45, 2.75) is 53.2 Å². The van der Waals surface area contributed by atoms with Gasteiger partial charge in [0.15, 0.2) is 6.10 Å². The number of aryl methyl sites for hydroxylation is 2. The number of fused-ring (bicyclic) bond motifs is 1. The molecular formula is C21H27NO5. The molecule has 1 amide bonds. The van der Waals surface area contributed by atoms with Crippen LogP contribution in [-0.4, -0.2) is 42.2 Å². The monoisotopic (exact) mass is 373 g/mol. The fraction of sp³-hybridized carbons (Fsp3) is 0.524. The van der Waals surface area contributed by atoms with Gasteiger partial charge in [-0.15, -0.1) is 0 Å². The zero-order valence-electron chi connectivity index (χ0n) is 16.8. The van der Waals surface area contributed by atoms with Crippen LogP contribution in [-0.2, 0) is 9.53 Å². The normalized spacial score (nSPS) is 17.8. The minimum absolute atomic E-state index is 0.0761. The quantitative estimate of drug-likeness (QED) is 0.773. The summed E-state index contributed by atoms with van der Waals surface area (Å²) >= 11 is 0. The molecular weight excluding hydrogens is 346 g/mol. The molecule has 0 saturated carbocycles. The van der Waals surface area contributed by atoms with Gasteiger partial charge in [-0.3, -0.25) is 4.79 Å². The Morgan fingerprint density at radius 1 is 1.22 bits per heavy atom. The first-order valence-electron chi connectivity index (χ1n) is 9.23. The Morgan fingerprint density at radius 3 is 2.59 bits per heavy atom. The zero-order valence-corrected chi connectivity index (χ0v) is 16.8. The molecule has 1 saturated heterocycles. The van der Waals surface area contributed by atoms with Gasteiger partial charge in [-0.25, -0.2) is 4.79 Å². The minimum Gasteiger partial charge on any atom is -0.480 e. The van der Waals surface area contributed by atoms with Crippen molar-refractivity contribution in [1.29, 1.82) is 0 Å². The number of morpholine rings is 1. The van der Waals surface area contributed by atoms with Gasteiger partial charge >= 0.3 is 5.63 Å². The molecule has 0 spiro atoms. The molecule has 1 atom stereocenters. The SMILES string of the molecule is Cc1cc(OC(C)C(=O)N2CCOC(C)(C)C2)c2c(C)c(C)c(=O)oc2c1. The van der Waals surface area contributed by atoms with Gasteiger partial charge in [0.25, 0.3) is 5.91 Å². The number of carbonyl (C=O) groups is 1. The Hall–Kier alpha value is -2.34. The minimum atomic E-state index is -0.657. The molecule has 0 aliphatic carbocycles. The highest BCUT2D eigenvalue weighted by atomic mass is 16.5. The molecule has 2 heterocycles. The summed E-state index contributed by atoms with van der Waals surface area (Å²) in [6, 6.07) is 3.69. The van der Waals surface area contributed by atoms with Crippen molar-refractivity contribution in [3.8, 4) is 5.75 Å². The number of benzene rings is 1. The van der Waals surface area contributed by atoms with Crippen LogP contribution in [0.15, 0.2) is 21.3 Å². The van der Waals surface area contributed by atoms with Crippen molar-refractivity contribution >= 4 is 16.9 Å². The van der Waals surface area contributed by atoms with Gasteiger partial charge in [-0.05, 0) is 64.8 Å². The highest BCUT2D eigenvalue weighted by Crippen LogP contribution is 2.32. The van der Waals surface area contributed by atoms with Crippen LogP contribution in [0.25, 0.3) is 11.0 Å². The molecule has 1 aliphatic rings. The molecule has 1 aliphatic heterocycles. The molecule has 6 nitrogen and oxygen atoms in total. The van der Waals surface area contributed by atoms with Crippen LogP contribution >= 0.6 is 0 Å². The maximum absolute atomic E-state index is 12.9. The van der Waals surface area contributed by atoms with Crippen LogP contribution in [0.2, 0.25) is 0 Å². The summed E-state index contributed by atoms with van der Waals surface area (Å²) in [6.07, 6.45) is -0.657. The molecule has 3 rings (SSSR count). The highest BCUT2D eigenvalue weighted by molar-refractivity contribution is 5.89. The molecule has 27 heavy (non-hydrogen) atoms. The lowest BCUT2D eigenvalue weighted by atomic mass is 10.0. The van der Waals surface area contributed by atoms with Gasteiger partial charge in [0.1, 0.15) is 11.3 Å². The third-order valence-electron chi connectivity index (χ3n) is 5.05. The second-order valence-electron chi connectivity index (χ2n) is 7.90. The van der Waals surface area contributed by atoms with Crippen LogP contribution in [0.4, 0.5) is 0 Å². The molecule has 2 aromatic rings. The molecule has 1 aromatic heterocycles. The summed E-state index contributed by atoms with van der Waals surface area (Å²) in [7, 11) is 0. The van der Waals surface area contributed by atoms with Gasteiger partial charge in [0, 0.05) is 18.7 Å². The number of amides is 1. The summed E-state index contributed by atoms with van der Waals surface area (Å²) in [5.41, 5.74) is 2.02. The largest absolute Gasteiger partial charge is 0.480 e. The Balaban J connectivity index is 1.93. The number of hydrogen-bond acceptors (Lipinski definition) is 5. The van der Waals surface area contributed by atoms with Crippen LogP contribution in [0.1, 0.15) is 37.5 Å². The fourth-order valence-corrected chi connectivity index (χ4v) is 3.48. The molecule has 1 unspecified atom stereocenters.